The highest BCUT2D eigenvalue weighted by atomic mass is 16.3. The summed E-state index contributed by atoms with van der Waals surface area (Å²) in [6.07, 6.45) is 0. The Hall–Kier alpha value is -7.82. The second kappa shape index (κ2) is 13.4. The van der Waals surface area contributed by atoms with E-state index in [2.05, 4.69) is 191 Å². The molecule has 4 heteroatoms. The van der Waals surface area contributed by atoms with Gasteiger partial charge in [-0.2, -0.15) is 0 Å². The molecule has 4 aromatic heterocycles. The minimum atomic E-state index is 0.868. The van der Waals surface area contributed by atoms with Crippen molar-refractivity contribution >= 4 is 87.5 Å². The first kappa shape index (κ1) is 34.2. The maximum absolute atomic E-state index is 6.74. The highest BCUT2D eigenvalue weighted by Crippen LogP contribution is 2.48. The number of hydrogen-bond acceptors (Lipinski definition) is 2. The van der Waals surface area contributed by atoms with Crippen LogP contribution in [0.1, 0.15) is 13.8 Å². The number of furan rings is 2. The lowest BCUT2D eigenvalue weighted by molar-refractivity contribution is 0.666. The summed E-state index contributed by atoms with van der Waals surface area (Å²) in [5.74, 6) is 0. The van der Waals surface area contributed by atoms with E-state index in [1.807, 2.05) is 26.0 Å². The Morgan fingerprint density at radius 1 is 0.333 bits per heavy atom. The highest BCUT2D eigenvalue weighted by molar-refractivity contribution is 6.32. The Morgan fingerprint density at radius 2 is 0.867 bits per heavy atom. The quantitative estimate of drug-likeness (QED) is 0.179. The maximum Gasteiger partial charge on any atom is 0.159 e. The zero-order valence-corrected chi connectivity index (χ0v) is 33.2. The summed E-state index contributed by atoms with van der Waals surface area (Å²) in [6, 6.07) is 69.4. The number of aromatic nitrogens is 2. The van der Waals surface area contributed by atoms with Gasteiger partial charge in [0.25, 0.3) is 0 Å². The molecule has 0 aliphatic carbocycles. The molecule has 0 radical (unpaired) electrons. The van der Waals surface area contributed by atoms with Gasteiger partial charge in [0.05, 0.1) is 27.8 Å². The fraction of sp³-hybridized carbons (Fsp3) is 0.0357. The van der Waals surface area contributed by atoms with Crippen LogP contribution in [0.5, 0.6) is 0 Å². The van der Waals surface area contributed by atoms with Crippen LogP contribution in [0.4, 0.5) is 0 Å². The zero-order valence-electron chi connectivity index (χ0n) is 33.2. The number of nitrogens with zero attached hydrogens (tertiary/aromatic N) is 2. The van der Waals surface area contributed by atoms with Gasteiger partial charge in [-0.1, -0.05) is 153 Å². The number of fused-ring (bicyclic) bond motifs is 13. The predicted octanol–water partition coefficient (Wildman–Crippen LogP) is 16.0. The summed E-state index contributed by atoms with van der Waals surface area (Å²) in [6.45, 7) is 4.00. The third-order valence-electron chi connectivity index (χ3n) is 12.1. The van der Waals surface area contributed by atoms with Gasteiger partial charge in [0, 0.05) is 54.3 Å². The van der Waals surface area contributed by atoms with Crippen molar-refractivity contribution in [3.8, 4) is 33.6 Å². The summed E-state index contributed by atoms with van der Waals surface area (Å²) < 4.78 is 18.3. The molecule has 284 valence electrons. The topological polar surface area (TPSA) is 36.1 Å². The molecule has 0 aliphatic rings. The van der Waals surface area contributed by atoms with Crippen LogP contribution in [0.3, 0.4) is 0 Å². The molecule has 0 saturated heterocycles. The van der Waals surface area contributed by atoms with Gasteiger partial charge in [-0.05, 0) is 71.3 Å². The van der Waals surface area contributed by atoms with Gasteiger partial charge in [-0.3, -0.25) is 0 Å². The summed E-state index contributed by atoms with van der Waals surface area (Å²) >= 11 is 0. The van der Waals surface area contributed by atoms with Gasteiger partial charge in [0.1, 0.15) is 16.7 Å². The molecule has 9 aromatic carbocycles. The third-order valence-corrected chi connectivity index (χ3v) is 12.1. The van der Waals surface area contributed by atoms with Crippen molar-refractivity contribution < 1.29 is 8.83 Å². The molecule has 4 heterocycles. The summed E-state index contributed by atoms with van der Waals surface area (Å²) in [5, 5.41) is 9.22. The van der Waals surface area contributed by atoms with Crippen LogP contribution in [-0.4, -0.2) is 9.13 Å². The largest absolute Gasteiger partial charge is 0.455 e. The van der Waals surface area contributed by atoms with E-state index >= 15 is 0 Å². The third kappa shape index (κ3) is 4.85. The van der Waals surface area contributed by atoms with Crippen molar-refractivity contribution in [2.45, 2.75) is 13.8 Å². The molecule has 0 aliphatic heterocycles. The van der Waals surface area contributed by atoms with Crippen LogP contribution in [0.25, 0.3) is 121 Å². The van der Waals surface area contributed by atoms with E-state index in [0.29, 0.717) is 0 Å². The van der Waals surface area contributed by atoms with Crippen LogP contribution in [0.2, 0.25) is 0 Å². The van der Waals surface area contributed by atoms with Gasteiger partial charge < -0.3 is 18.0 Å². The first-order chi connectivity index (χ1) is 29.8. The molecule has 0 unspecified atom stereocenters. The van der Waals surface area contributed by atoms with Crippen molar-refractivity contribution in [1.29, 1.82) is 0 Å². The Balaban J connectivity index is 0.00000191. The monoisotopic (exact) mass is 770 g/mol. The van der Waals surface area contributed by atoms with Gasteiger partial charge >= 0.3 is 0 Å². The summed E-state index contributed by atoms with van der Waals surface area (Å²) in [4.78, 5) is 0. The second-order valence-corrected chi connectivity index (χ2v) is 15.2. The zero-order chi connectivity index (χ0) is 39.9. The van der Waals surface area contributed by atoms with E-state index in [1.54, 1.807) is 0 Å². The maximum atomic E-state index is 6.74. The van der Waals surface area contributed by atoms with Crippen molar-refractivity contribution in [3.63, 3.8) is 0 Å². The number of rotatable bonds is 4. The molecular formula is C56H38N2O2. The first-order valence-corrected chi connectivity index (χ1v) is 20.8. The van der Waals surface area contributed by atoms with Crippen LogP contribution in [0.15, 0.2) is 203 Å². The molecule has 4 nitrogen and oxygen atoms in total. The number of benzene rings is 9. The predicted molar refractivity (Wildman–Crippen MR) is 252 cm³/mol. The number of para-hydroxylation sites is 5. The van der Waals surface area contributed by atoms with Crippen molar-refractivity contribution in [2.24, 2.45) is 0 Å². The molecule has 0 amide bonds. The molecule has 0 N–H and O–H groups in total. The van der Waals surface area contributed by atoms with Crippen molar-refractivity contribution in [3.05, 3.63) is 194 Å². The van der Waals surface area contributed by atoms with E-state index in [-0.39, 0.29) is 0 Å². The molecule has 13 rings (SSSR count). The van der Waals surface area contributed by atoms with Crippen molar-refractivity contribution in [2.75, 3.05) is 0 Å². The van der Waals surface area contributed by atoms with E-state index < -0.39 is 0 Å². The molecule has 13 aromatic rings. The van der Waals surface area contributed by atoms with Crippen LogP contribution in [0, 0.1) is 0 Å². The highest BCUT2D eigenvalue weighted by Gasteiger charge is 2.25. The van der Waals surface area contributed by atoms with Gasteiger partial charge in [-0.25, -0.2) is 0 Å². The Morgan fingerprint density at radius 3 is 1.65 bits per heavy atom. The SMILES string of the molecule is CC.c1ccc(-c2cccc(-n3c4ccccc4c4c5c6c(-c7cccc8c7oc7ccccc78)cccc6n(-c6cccc7c6oc6ccccc67)c5ccc43)c2)cc1. The lowest BCUT2D eigenvalue weighted by Gasteiger charge is -2.11. The van der Waals surface area contributed by atoms with E-state index in [1.165, 1.54) is 32.7 Å². The van der Waals surface area contributed by atoms with E-state index in [4.69, 9.17) is 8.83 Å². The second-order valence-electron chi connectivity index (χ2n) is 15.2. The van der Waals surface area contributed by atoms with Gasteiger partial charge in [0.15, 0.2) is 5.58 Å². The van der Waals surface area contributed by atoms with Crippen LogP contribution < -0.4 is 0 Å². The molecule has 60 heavy (non-hydrogen) atoms. The van der Waals surface area contributed by atoms with E-state index in [0.717, 1.165) is 88.4 Å². The van der Waals surface area contributed by atoms with Crippen LogP contribution >= 0.6 is 0 Å². The Kier molecular flexibility index (Phi) is 7.63. The van der Waals surface area contributed by atoms with Crippen molar-refractivity contribution in [1.82, 2.24) is 9.13 Å². The van der Waals surface area contributed by atoms with Gasteiger partial charge in [0.2, 0.25) is 0 Å². The lowest BCUT2D eigenvalue weighted by atomic mass is 9.96. The Bertz CT molecular complexity index is 3800. The standard InChI is InChI=1S/C54H32N2O2.C2H6/c1-2-14-33(15-3-1)34-16-10-17-35(32-34)55-43-25-7-4-20-42(43)51-45(55)30-31-46-52(51)50-38(41-23-11-22-39-36-18-5-8-28-48(36)57-53(39)41)21-12-26-44(50)56(46)47-27-13-24-40-37-19-6-9-29-49(37)58-54(40)47;1-2/h1-32H;1-2H3. The molecule has 0 saturated carbocycles. The smallest absolute Gasteiger partial charge is 0.159 e. The summed E-state index contributed by atoms with van der Waals surface area (Å²) in [7, 11) is 0. The fourth-order valence-electron chi connectivity index (χ4n) is 9.69. The lowest BCUT2D eigenvalue weighted by Crippen LogP contribution is -1.95. The molecule has 0 bridgehead atoms. The molecule has 0 fully saturated rings. The van der Waals surface area contributed by atoms with Gasteiger partial charge in [-0.15, -0.1) is 0 Å². The molecule has 0 spiro atoms. The minimum absolute atomic E-state index is 0.868. The van der Waals surface area contributed by atoms with E-state index in [9.17, 15) is 0 Å². The minimum Gasteiger partial charge on any atom is -0.455 e. The average Bonchev–Trinajstić information content (AvgIpc) is 4.08. The summed E-state index contributed by atoms with van der Waals surface area (Å²) in [5.41, 5.74) is 14.7. The molecular weight excluding hydrogens is 733 g/mol. The molecule has 0 atom stereocenters. The first-order valence-electron chi connectivity index (χ1n) is 20.8. The number of hydrogen-bond donors (Lipinski definition) is 0. The van der Waals surface area contributed by atoms with Crippen LogP contribution in [-0.2, 0) is 0 Å². The average molecular weight is 771 g/mol. The normalized spacial score (nSPS) is 11.8. The Labute approximate surface area is 345 Å². The fourth-order valence-corrected chi connectivity index (χ4v) is 9.69.